The normalized spacial score (nSPS) is 16.9. The number of unbranched alkanes of at least 4 members (excludes halogenated alkanes) is 3. The third kappa shape index (κ3) is 65.5. The number of aromatic nitrogens is 1. The van der Waals surface area contributed by atoms with Gasteiger partial charge >= 0.3 is 0 Å². The number of hydrogen-bond donors (Lipinski definition) is 3. The lowest BCUT2D eigenvalue weighted by Gasteiger charge is -2.36. The third-order valence-corrected chi connectivity index (χ3v) is 17.4. The number of pyridine rings is 1. The Morgan fingerprint density at radius 3 is 0.884 bits per heavy atom. The number of nitrogens with zero attached hydrogens (tertiary/aromatic N) is 7. The molecule has 112 heavy (non-hydrogen) atoms. The molecule has 668 valence electrons. The van der Waals surface area contributed by atoms with E-state index in [0.29, 0.717) is 37.7 Å². The van der Waals surface area contributed by atoms with Crippen LogP contribution in [0.5, 0.6) is 5.75 Å². The van der Waals surface area contributed by atoms with E-state index in [2.05, 4.69) is 98.8 Å². The molecule has 3 N–H and O–H groups in total. The second kappa shape index (κ2) is 51.3. The zero-order chi connectivity index (χ0) is 86.3. The number of alkyl halides is 10. The van der Waals surface area contributed by atoms with E-state index in [1.807, 2.05) is 83.1 Å². The van der Waals surface area contributed by atoms with Gasteiger partial charge in [-0.3, -0.25) is 19.7 Å². The fraction of sp³-hybridized carbons (Fsp3) is 0.940. The van der Waals surface area contributed by atoms with Crippen molar-refractivity contribution in [1.29, 1.82) is 0 Å². The largest absolute Gasteiger partial charge is 0.486 e. The Balaban J connectivity index is 0.00000139. The Bertz CT molecular complexity index is 2420. The van der Waals surface area contributed by atoms with Crippen molar-refractivity contribution < 1.29 is 81.8 Å². The van der Waals surface area contributed by atoms with Crippen LogP contribution in [-0.2, 0) is 38.6 Å². The maximum Gasteiger partial charge on any atom is 0.293 e. The summed E-state index contributed by atoms with van der Waals surface area (Å²) in [5.41, 5.74) is -1.84. The summed E-state index contributed by atoms with van der Waals surface area (Å²) in [6.07, 6.45) is 6.92. The average Bonchev–Trinajstić information content (AvgIpc) is 0.968. The molecule has 1 aromatic rings. The van der Waals surface area contributed by atoms with Gasteiger partial charge in [0.2, 0.25) is 0 Å². The second-order valence-corrected chi connectivity index (χ2v) is 39.1. The molecule has 0 atom stereocenters. The lowest BCUT2D eigenvalue weighted by molar-refractivity contribution is -0.152. The van der Waals surface area contributed by atoms with E-state index >= 15 is 0 Å². The predicted octanol–water partition coefficient (Wildman–Crippen LogP) is 16.4. The lowest BCUT2D eigenvalue weighted by Crippen LogP contribution is -2.48. The van der Waals surface area contributed by atoms with Gasteiger partial charge in [-0.05, 0) is 243 Å². The smallest absolute Gasteiger partial charge is 0.293 e. The fourth-order valence-electron chi connectivity index (χ4n) is 10.5. The number of ether oxygens (including phenoxy) is 8. The summed E-state index contributed by atoms with van der Waals surface area (Å²) in [5, 5.41) is 8.38. The Morgan fingerprint density at radius 2 is 0.607 bits per heavy atom. The summed E-state index contributed by atoms with van der Waals surface area (Å²) in [4.78, 5) is 19.0. The molecular formula is C84H164F10N10O8. The molecule has 3 fully saturated rings. The third-order valence-electron chi connectivity index (χ3n) is 17.4. The van der Waals surface area contributed by atoms with Crippen LogP contribution in [0.2, 0.25) is 0 Å². The molecule has 1 aromatic heterocycles. The highest BCUT2D eigenvalue weighted by molar-refractivity contribution is 5.23. The molecule has 0 spiro atoms. The fourth-order valence-corrected chi connectivity index (χ4v) is 10.5. The molecule has 0 unspecified atom stereocenters. The standard InChI is InChI=1S/C21H42F2N2O3.C18H37F2N3O.C18H36F2N2O2.C16H26F2N2O.C11H23F2NO/c1-19(2,3)27-16-14-25-12-10-24(11-13-25)9-7-8-15-26-17-21(22,23)18-28-20(4,5)6;1-16(2)23-11-9-22(10-12-23)8-6-7-13-24-15-18(19,20)14-21-17(3,4)5;1-16(2)22-11-9-21(10-12-22)8-6-7-13-23-14-18(19,20)15-24-17(3,4)5;1-14(2,3)13-8-7-12(9-19-13)21-11-16(17,18)10-20-15(4,5)6;1-9(2,3)14-7-11(12,13)8-15-10(4,5)6/h7-18H2,1-6H3;16,21H,6-15H2,1-5H3;16H,6-15H2,1-5H3;7-9,20H,10-11H2,1-6H3;14H,7-8H2,1-6H3. The molecule has 0 aromatic carbocycles. The summed E-state index contributed by atoms with van der Waals surface area (Å²) in [7, 11) is 0. The quantitative estimate of drug-likeness (QED) is 0.0422. The minimum Gasteiger partial charge on any atom is -0.486 e. The summed E-state index contributed by atoms with van der Waals surface area (Å²) < 4.78 is 178. The molecule has 3 aliphatic heterocycles. The molecule has 0 amide bonds. The first-order valence-electron chi connectivity index (χ1n) is 41.2. The van der Waals surface area contributed by atoms with Crippen LogP contribution in [-0.4, -0.2) is 312 Å². The van der Waals surface area contributed by atoms with Gasteiger partial charge in [-0.1, -0.05) is 20.8 Å². The number of rotatable bonds is 41. The van der Waals surface area contributed by atoms with Crippen LogP contribution >= 0.6 is 0 Å². The molecule has 4 rings (SSSR count). The van der Waals surface area contributed by atoms with Crippen molar-refractivity contribution in [3.8, 4) is 5.75 Å². The van der Waals surface area contributed by atoms with Crippen LogP contribution in [0.3, 0.4) is 0 Å². The van der Waals surface area contributed by atoms with Gasteiger partial charge < -0.3 is 68.5 Å². The first-order valence-corrected chi connectivity index (χ1v) is 41.2. The molecule has 4 heterocycles. The number of nitrogens with one attached hydrogen (secondary N) is 3. The van der Waals surface area contributed by atoms with E-state index in [-0.39, 0.29) is 40.7 Å². The summed E-state index contributed by atoms with van der Waals surface area (Å²) in [6, 6.07) is 4.72. The predicted molar refractivity (Wildman–Crippen MR) is 439 cm³/mol. The molecule has 3 aliphatic rings. The highest BCUT2D eigenvalue weighted by Crippen LogP contribution is 2.26. The van der Waals surface area contributed by atoms with E-state index in [4.69, 9.17) is 37.9 Å². The van der Waals surface area contributed by atoms with E-state index in [9.17, 15) is 43.9 Å². The van der Waals surface area contributed by atoms with Crippen LogP contribution in [0.15, 0.2) is 18.3 Å². The van der Waals surface area contributed by atoms with Crippen LogP contribution < -0.4 is 20.7 Å². The van der Waals surface area contributed by atoms with Crippen LogP contribution in [0.1, 0.15) is 238 Å². The minimum atomic E-state index is -2.93. The zero-order valence-corrected chi connectivity index (χ0v) is 75.5. The molecule has 18 nitrogen and oxygen atoms in total. The Hall–Kier alpha value is -2.39. The number of hydrogen-bond acceptors (Lipinski definition) is 18. The second-order valence-electron chi connectivity index (χ2n) is 39.1. The van der Waals surface area contributed by atoms with Crippen molar-refractivity contribution in [3.63, 3.8) is 0 Å². The van der Waals surface area contributed by atoms with E-state index in [1.54, 1.807) is 74.4 Å². The maximum absolute atomic E-state index is 13.7. The SMILES string of the molecule is CC(C)(C)NCC(F)(F)COC(C)(C)C.CC(C)(C)NCC(F)(F)COc1ccc(C(C)(C)C)nc1.CC(C)(C)OCCN1CCN(CCCCOCC(F)(F)COC(C)(C)C)CC1.CC(C)N1CCN(CCCCOCC(F)(F)CNC(C)(C)C)CC1.CC(C)N1CCN(CCCCOCC(F)(F)COC(C)(C)C)CC1. The van der Waals surface area contributed by atoms with Gasteiger partial charge in [0.1, 0.15) is 45.4 Å². The highest BCUT2D eigenvalue weighted by Gasteiger charge is 2.37. The molecule has 28 heteroatoms. The molecule has 0 aliphatic carbocycles. The van der Waals surface area contributed by atoms with Crippen molar-refractivity contribution in [3.05, 3.63) is 24.0 Å². The first kappa shape index (κ1) is 110. The minimum absolute atomic E-state index is 0.0703. The molecule has 0 saturated carbocycles. The molecule has 3 saturated heterocycles. The molecular weight excluding hydrogens is 1470 g/mol. The van der Waals surface area contributed by atoms with E-state index in [0.717, 1.165) is 156 Å². The van der Waals surface area contributed by atoms with Crippen LogP contribution in [0.25, 0.3) is 0 Å². The number of piperazine rings is 3. The Morgan fingerprint density at radius 1 is 0.330 bits per heavy atom. The van der Waals surface area contributed by atoms with Crippen molar-refractivity contribution in [2.24, 2.45) is 0 Å². The van der Waals surface area contributed by atoms with Gasteiger partial charge in [0.05, 0.1) is 54.8 Å². The van der Waals surface area contributed by atoms with Gasteiger partial charge in [0, 0.05) is 145 Å². The van der Waals surface area contributed by atoms with Gasteiger partial charge in [-0.15, -0.1) is 0 Å². The van der Waals surface area contributed by atoms with Gasteiger partial charge in [0.15, 0.2) is 6.61 Å². The van der Waals surface area contributed by atoms with E-state index < -0.39 is 99.2 Å². The van der Waals surface area contributed by atoms with Gasteiger partial charge in [0.25, 0.3) is 29.6 Å². The van der Waals surface area contributed by atoms with Crippen molar-refractivity contribution >= 4 is 0 Å². The Labute approximate surface area is 674 Å². The Kier molecular flexibility index (Phi) is 50.2. The van der Waals surface area contributed by atoms with Crippen molar-refractivity contribution in [2.75, 3.05) is 197 Å². The van der Waals surface area contributed by atoms with Gasteiger partial charge in [-0.2, -0.15) is 0 Å². The lowest BCUT2D eigenvalue weighted by atomic mass is 9.92. The topological polar surface area (TPSA) is 142 Å². The molecule has 0 bridgehead atoms. The van der Waals surface area contributed by atoms with E-state index in [1.165, 1.54) is 6.20 Å². The summed E-state index contributed by atoms with van der Waals surface area (Å²) in [6.45, 7) is 67.9. The van der Waals surface area contributed by atoms with Gasteiger partial charge in [-0.25, -0.2) is 43.9 Å². The summed E-state index contributed by atoms with van der Waals surface area (Å²) >= 11 is 0. The van der Waals surface area contributed by atoms with Crippen LogP contribution in [0, 0.1) is 0 Å². The molecule has 0 radical (unpaired) electrons. The first-order chi connectivity index (χ1) is 50.8. The zero-order valence-electron chi connectivity index (χ0n) is 75.5. The monoisotopic (exact) mass is 1630 g/mol. The van der Waals surface area contributed by atoms with Crippen molar-refractivity contribution in [2.45, 2.75) is 319 Å². The summed E-state index contributed by atoms with van der Waals surface area (Å²) in [5.74, 6) is -14.0. The maximum atomic E-state index is 13.7. The van der Waals surface area contributed by atoms with Crippen molar-refractivity contribution in [1.82, 2.24) is 50.3 Å². The highest BCUT2D eigenvalue weighted by atomic mass is 19.3. The number of halogens is 10. The van der Waals surface area contributed by atoms with Crippen LogP contribution in [0.4, 0.5) is 43.9 Å². The average molecular weight is 1630 g/mol.